The number of hydrogen-bond donors (Lipinski definition) is 0. The van der Waals surface area contributed by atoms with Crippen LogP contribution in [0.25, 0.3) is 0 Å². The van der Waals surface area contributed by atoms with E-state index in [4.69, 9.17) is 9.47 Å². The van der Waals surface area contributed by atoms with Crippen LogP contribution in [0.15, 0.2) is 42.5 Å². The van der Waals surface area contributed by atoms with Gasteiger partial charge in [-0.3, -0.25) is 4.79 Å². The number of ether oxygens (including phenoxy) is 2. The molecule has 0 aromatic heterocycles. The number of aryl methyl sites for hydroxylation is 2. The summed E-state index contributed by atoms with van der Waals surface area (Å²) in [4.78, 5) is 16.6. The van der Waals surface area contributed by atoms with E-state index in [1.807, 2.05) is 49.1 Å². The molecule has 2 aromatic rings. The fourth-order valence-electron chi connectivity index (χ4n) is 3.34. The molecule has 1 aliphatic rings. The molecule has 26 heavy (non-hydrogen) atoms. The molecular weight excluding hydrogens is 328 g/mol. The smallest absolute Gasteiger partial charge is 0.260 e. The first-order valence-electron chi connectivity index (χ1n) is 8.93. The van der Waals surface area contributed by atoms with Crippen LogP contribution in [-0.2, 0) is 4.79 Å². The van der Waals surface area contributed by atoms with Crippen LogP contribution in [0, 0.1) is 13.8 Å². The molecule has 0 unspecified atom stereocenters. The van der Waals surface area contributed by atoms with Gasteiger partial charge in [0.05, 0.1) is 12.8 Å². The number of carbonyl (C=O) groups is 1. The van der Waals surface area contributed by atoms with Gasteiger partial charge in [0.15, 0.2) is 6.61 Å². The highest BCUT2D eigenvalue weighted by molar-refractivity contribution is 5.78. The summed E-state index contributed by atoms with van der Waals surface area (Å²) >= 11 is 0. The highest BCUT2D eigenvalue weighted by Crippen LogP contribution is 2.28. The summed E-state index contributed by atoms with van der Waals surface area (Å²) in [5, 5.41) is 0. The fraction of sp³-hybridized carbons (Fsp3) is 0.381. The number of hydrogen-bond acceptors (Lipinski definition) is 4. The maximum absolute atomic E-state index is 12.5. The minimum Gasteiger partial charge on any atom is -0.495 e. The molecule has 0 bridgehead atoms. The molecule has 0 saturated carbocycles. The molecule has 1 fully saturated rings. The minimum absolute atomic E-state index is 0.0313. The van der Waals surface area contributed by atoms with Crippen LogP contribution in [0.1, 0.15) is 11.1 Å². The van der Waals surface area contributed by atoms with Crippen LogP contribution in [0.5, 0.6) is 11.5 Å². The summed E-state index contributed by atoms with van der Waals surface area (Å²) in [5.74, 6) is 1.65. The van der Waals surface area contributed by atoms with Crippen molar-refractivity contribution in [2.45, 2.75) is 13.8 Å². The van der Waals surface area contributed by atoms with Crippen molar-refractivity contribution in [1.29, 1.82) is 0 Å². The summed E-state index contributed by atoms with van der Waals surface area (Å²) in [6, 6.07) is 14.0. The molecule has 5 nitrogen and oxygen atoms in total. The maximum Gasteiger partial charge on any atom is 0.260 e. The van der Waals surface area contributed by atoms with E-state index in [0.29, 0.717) is 13.1 Å². The quantitative estimate of drug-likeness (QED) is 0.828. The number of amides is 1. The van der Waals surface area contributed by atoms with Crippen LogP contribution in [-0.4, -0.2) is 50.7 Å². The first-order valence-corrected chi connectivity index (χ1v) is 8.93. The first kappa shape index (κ1) is 18.1. The molecule has 1 aliphatic heterocycles. The standard InChI is InChI=1S/C21H26N2O3/c1-16-12-17(2)14-18(13-16)26-15-21(24)23-10-8-22(9-11-23)19-6-4-5-7-20(19)25-3/h4-7,12-14H,8-11,15H2,1-3H3. The van der Waals surface area contributed by atoms with Gasteiger partial charge in [-0.25, -0.2) is 0 Å². The largest absolute Gasteiger partial charge is 0.495 e. The van der Waals surface area contributed by atoms with Crippen LogP contribution in [0.3, 0.4) is 0 Å². The van der Waals surface area contributed by atoms with E-state index in [2.05, 4.69) is 17.0 Å². The number of nitrogens with zero attached hydrogens (tertiary/aromatic N) is 2. The average molecular weight is 354 g/mol. The van der Waals surface area contributed by atoms with Crippen molar-refractivity contribution in [1.82, 2.24) is 4.90 Å². The number of methoxy groups -OCH3 is 1. The number of para-hydroxylation sites is 2. The number of rotatable bonds is 5. The zero-order valence-electron chi connectivity index (χ0n) is 15.7. The average Bonchev–Trinajstić information content (AvgIpc) is 2.65. The Bertz CT molecular complexity index is 747. The Morgan fingerprint density at radius 3 is 2.31 bits per heavy atom. The van der Waals surface area contributed by atoms with Crippen LogP contribution in [0.4, 0.5) is 5.69 Å². The number of piperazine rings is 1. The first-order chi connectivity index (χ1) is 12.6. The van der Waals surface area contributed by atoms with Gasteiger partial charge in [0.2, 0.25) is 0 Å². The Labute approximate surface area is 155 Å². The summed E-state index contributed by atoms with van der Waals surface area (Å²) in [6.07, 6.45) is 0. The predicted molar refractivity (Wildman–Crippen MR) is 103 cm³/mol. The molecule has 0 atom stereocenters. The van der Waals surface area contributed by atoms with Gasteiger partial charge < -0.3 is 19.3 Å². The Morgan fingerprint density at radius 1 is 1.00 bits per heavy atom. The highest BCUT2D eigenvalue weighted by atomic mass is 16.5. The predicted octanol–water partition coefficient (Wildman–Crippen LogP) is 3.04. The van der Waals surface area contributed by atoms with Crippen molar-refractivity contribution in [3.8, 4) is 11.5 Å². The van der Waals surface area contributed by atoms with E-state index < -0.39 is 0 Å². The molecule has 3 rings (SSSR count). The second-order valence-corrected chi connectivity index (χ2v) is 6.65. The summed E-state index contributed by atoms with van der Waals surface area (Å²) in [6.45, 7) is 7.08. The molecular formula is C21H26N2O3. The lowest BCUT2D eigenvalue weighted by Gasteiger charge is -2.36. The molecule has 1 amide bonds. The molecule has 138 valence electrons. The third kappa shape index (κ3) is 4.28. The second kappa shape index (κ2) is 8.13. The van der Waals surface area contributed by atoms with Crippen molar-refractivity contribution in [2.24, 2.45) is 0 Å². The van der Waals surface area contributed by atoms with Gasteiger partial charge in [-0.2, -0.15) is 0 Å². The fourth-order valence-corrected chi connectivity index (χ4v) is 3.34. The zero-order chi connectivity index (χ0) is 18.5. The third-order valence-corrected chi connectivity index (χ3v) is 4.62. The van der Waals surface area contributed by atoms with Crippen molar-refractivity contribution in [3.63, 3.8) is 0 Å². The molecule has 0 radical (unpaired) electrons. The van der Waals surface area contributed by atoms with Gasteiger partial charge in [-0.15, -0.1) is 0 Å². The van der Waals surface area contributed by atoms with Crippen molar-refractivity contribution in [2.75, 3.05) is 44.8 Å². The van der Waals surface area contributed by atoms with Crippen LogP contribution < -0.4 is 14.4 Å². The Kier molecular flexibility index (Phi) is 5.66. The third-order valence-electron chi connectivity index (χ3n) is 4.62. The zero-order valence-corrected chi connectivity index (χ0v) is 15.7. The topological polar surface area (TPSA) is 42.0 Å². The number of anilines is 1. The second-order valence-electron chi connectivity index (χ2n) is 6.65. The lowest BCUT2D eigenvalue weighted by molar-refractivity contribution is -0.133. The Hall–Kier alpha value is -2.69. The van der Waals surface area contributed by atoms with E-state index in [1.165, 1.54) is 0 Å². The summed E-state index contributed by atoms with van der Waals surface area (Å²) in [7, 11) is 1.68. The number of carbonyl (C=O) groups excluding carboxylic acids is 1. The Morgan fingerprint density at radius 2 is 1.65 bits per heavy atom. The van der Waals surface area contributed by atoms with E-state index >= 15 is 0 Å². The van der Waals surface area contributed by atoms with Crippen LogP contribution >= 0.6 is 0 Å². The Balaban J connectivity index is 1.53. The molecule has 0 spiro atoms. The van der Waals surface area contributed by atoms with E-state index in [0.717, 1.165) is 41.4 Å². The summed E-state index contributed by atoms with van der Waals surface area (Å²) < 4.78 is 11.1. The van der Waals surface area contributed by atoms with E-state index in [-0.39, 0.29) is 12.5 Å². The molecule has 0 aliphatic carbocycles. The van der Waals surface area contributed by atoms with Gasteiger partial charge in [-0.05, 0) is 49.2 Å². The lowest BCUT2D eigenvalue weighted by atomic mass is 10.1. The minimum atomic E-state index is 0.0313. The highest BCUT2D eigenvalue weighted by Gasteiger charge is 2.23. The van der Waals surface area contributed by atoms with Crippen molar-refractivity contribution in [3.05, 3.63) is 53.6 Å². The van der Waals surface area contributed by atoms with Gasteiger partial charge in [-0.1, -0.05) is 18.2 Å². The molecule has 0 N–H and O–H groups in total. The lowest BCUT2D eigenvalue weighted by Crippen LogP contribution is -2.50. The van der Waals surface area contributed by atoms with Crippen molar-refractivity contribution >= 4 is 11.6 Å². The SMILES string of the molecule is COc1ccccc1N1CCN(C(=O)COc2cc(C)cc(C)c2)CC1. The number of benzene rings is 2. The monoisotopic (exact) mass is 354 g/mol. The van der Waals surface area contributed by atoms with Crippen LogP contribution in [0.2, 0.25) is 0 Å². The summed E-state index contributed by atoms with van der Waals surface area (Å²) in [5.41, 5.74) is 3.35. The molecule has 1 heterocycles. The maximum atomic E-state index is 12.5. The normalized spacial score (nSPS) is 14.3. The van der Waals surface area contributed by atoms with Gasteiger partial charge in [0.25, 0.3) is 5.91 Å². The molecule has 1 saturated heterocycles. The van der Waals surface area contributed by atoms with Gasteiger partial charge in [0, 0.05) is 26.2 Å². The van der Waals surface area contributed by atoms with Gasteiger partial charge >= 0.3 is 0 Å². The van der Waals surface area contributed by atoms with Crippen molar-refractivity contribution < 1.29 is 14.3 Å². The molecule has 2 aromatic carbocycles. The van der Waals surface area contributed by atoms with E-state index in [1.54, 1.807) is 7.11 Å². The van der Waals surface area contributed by atoms with E-state index in [9.17, 15) is 4.79 Å². The van der Waals surface area contributed by atoms with Gasteiger partial charge in [0.1, 0.15) is 11.5 Å². The molecule has 5 heteroatoms.